The van der Waals surface area contributed by atoms with Crippen LogP contribution < -0.4 is 5.32 Å². The summed E-state index contributed by atoms with van der Waals surface area (Å²) in [6, 6.07) is 15.0. The molecular weight excluding hydrogens is 398 g/mol. The van der Waals surface area contributed by atoms with E-state index in [1.165, 1.54) is 4.31 Å². The van der Waals surface area contributed by atoms with E-state index >= 15 is 0 Å². The maximum Gasteiger partial charge on any atom is 0.243 e. The van der Waals surface area contributed by atoms with Gasteiger partial charge in [-0.2, -0.15) is 4.31 Å². The molecule has 162 valence electrons. The molecule has 2 aromatic carbocycles. The topological polar surface area (TPSA) is 69.7 Å². The first-order valence-corrected chi connectivity index (χ1v) is 11.8. The number of carbonyl (C=O) groups is 1. The lowest BCUT2D eigenvalue weighted by atomic mass is 10.0. The molecule has 1 heterocycles. The Morgan fingerprint density at radius 3 is 2.37 bits per heavy atom. The van der Waals surface area contributed by atoms with E-state index in [-0.39, 0.29) is 29.8 Å². The number of hydrogen-bond donors (Lipinski definition) is 1. The summed E-state index contributed by atoms with van der Waals surface area (Å²) in [5.74, 6) is -0.187. The van der Waals surface area contributed by atoms with Gasteiger partial charge in [0, 0.05) is 32.7 Å². The van der Waals surface area contributed by atoms with Crippen molar-refractivity contribution in [3.8, 4) is 0 Å². The van der Waals surface area contributed by atoms with Gasteiger partial charge in [-0.15, -0.1) is 0 Å². The highest BCUT2D eigenvalue weighted by atomic mass is 32.2. The lowest BCUT2D eigenvalue weighted by Gasteiger charge is -2.31. The average Bonchev–Trinajstić information content (AvgIpc) is 2.76. The predicted octanol–water partition coefficient (Wildman–Crippen LogP) is 2.53. The highest BCUT2D eigenvalue weighted by Gasteiger charge is 2.30. The van der Waals surface area contributed by atoms with Crippen LogP contribution in [0.3, 0.4) is 0 Å². The van der Waals surface area contributed by atoms with E-state index < -0.39 is 10.0 Å². The van der Waals surface area contributed by atoms with Crippen LogP contribution in [0.2, 0.25) is 0 Å². The zero-order chi connectivity index (χ0) is 21.7. The van der Waals surface area contributed by atoms with Crippen molar-refractivity contribution in [1.29, 1.82) is 0 Å². The standard InChI is InChI=1S/C23H31N3O3S/c1-18-9-10-22(15-19(18)2)30(28,29)26(16-20(3)21-7-5-4-6-8-21)17-23(27)25-13-11-24-12-14-25/h4-10,15,20,24H,11-14,16-17H2,1-3H3/t20-/m1/s1. The Bertz CT molecular complexity index is 970. The molecule has 0 radical (unpaired) electrons. The van der Waals surface area contributed by atoms with Gasteiger partial charge < -0.3 is 10.2 Å². The zero-order valence-electron chi connectivity index (χ0n) is 18.0. The fourth-order valence-corrected chi connectivity index (χ4v) is 5.19. The number of amides is 1. The SMILES string of the molecule is Cc1ccc(S(=O)(=O)N(CC(=O)N2CCNCC2)C[C@@H](C)c2ccccc2)cc1C. The Labute approximate surface area is 179 Å². The third kappa shape index (κ3) is 5.28. The van der Waals surface area contributed by atoms with Crippen LogP contribution in [0.1, 0.15) is 29.5 Å². The first-order chi connectivity index (χ1) is 14.3. The number of nitrogens with zero attached hydrogens (tertiary/aromatic N) is 2. The van der Waals surface area contributed by atoms with Crippen molar-refractivity contribution >= 4 is 15.9 Å². The first-order valence-electron chi connectivity index (χ1n) is 10.4. The van der Waals surface area contributed by atoms with Gasteiger partial charge in [-0.1, -0.05) is 43.3 Å². The number of nitrogens with one attached hydrogen (secondary N) is 1. The number of benzene rings is 2. The summed E-state index contributed by atoms with van der Waals surface area (Å²) in [5, 5.41) is 3.22. The Kier molecular flexibility index (Phi) is 7.28. The number of carbonyl (C=O) groups excluding carboxylic acids is 1. The van der Waals surface area contributed by atoms with Gasteiger partial charge in [-0.05, 0) is 48.6 Å². The minimum absolute atomic E-state index is 0.0386. The summed E-state index contributed by atoms with van der Waals surface area (Å²) >= 11 is 0. The van der Waals surface area contributed by atoms with Crippen LogP contribution in [0.5, 0.6) is 0 Å². The molecule has 1 fully saturated rings. The Morgan fingerprint density at radius 2 is 1.73 bits per heavy atom. The molecule has 0 aliphatic carbocycles. The monoisotopic (exact) mass is 429 g/mol. The molecular formula is C23H31N3O3S. The van der Waals surface area contributed by atoms with Gasteiger partial charge in [0.1, 0.15) is 0 Å². The van der Waals surface area contributed by atoms with Gasteiger partial charge in [0.25, 0.3) is 0 Å². The summed E-state index contributed by atoms with van der Waals surface area (Å²) in [6.07, 6.45) is 0. The quantitative estimate of drug-likeness (QED) is 0.734. The van der Waals surface area contributed by atoms with Crippen molar-refractivity contribution in [3.05, 3.63) is 65.2 Å². The van der Waals surface area contributed by atoms with E-state index in [0.717, 1.165) is 29.8 Å². The fraction of sp³-hybridized carbons (Fsp3) is 0.435. The van der Waals surface area contributed by atoms with Crippen molar-refractivity contribution in [3.63, 3.8) is 0 Å². The smallest absolute Gasteiger partial charge is 0.243 e. The van der Waals surface area contributed by atoms with Crippen LogP contribution in [0.15, 0.2) is 53.4 Å². The lowest BCUT2D eigenvalue weighted by molar-refractivity contribution is -0.132. The zero-order valence-corrected chi connectivity index (χ0v) is 18.8. The third-order valence-corrected chi connectivity index (χ3v) is 7.55. The second-order valence-electron chi connectivity index (χ2n) is 7.99. The molecule has 1 saturated heterocycles. The number of sulfonamides is 1. The molecule has 0 spiro atoms. The number of aryl methyl sites for hydroxylation is 2. The lowest BCUT2D eigenvalue weighted by Crippen LogP contribution is -2.50. The third-order valence-electron chi connectivity index (χ3n) is 5.74. The van der Waals surface area contributed by atoms with E-state index in [4.69, 9.17) is 0 Å². The van der Waals surface area contributed by atoms with E-state index in [2.05, 4.69) is 5.32 Å². The molecule has 1 aliphatic heterocycles. The highest BCUT2D eigenvalue weighted by Crippen LogP contribution is 2.23. The minimum Gasteiger partial charge on any atom is -0.339 e. The van der Waals surface area contributed by atoms with Gasteiger partial charge in [-0.25, -0.2) is 8.42 Å². The van der Waals surface area contributed by atoms with E-state index in [9.17, 15) is 13.2 Å². The molecule has 1 N–H and O–H groups in total. The number of hydrogen-bond acceptors (Lipinski definition) is 4. The second-order valence-corrected chi connectivity index (χ2v) is 9.92. The molecule has 0 aromatic heterocycles. The maximum atomic E-state index is 13.5. The van der Waals surface area contributed by atoms with Crippen LogP contribution >= 0.6 is 0 Å². The highest BCUT2D eigenvalue weighted by molar-refractivity contribution is 7.89. The molecule has 0 unspecified atom stereocenters. The second kappa shape index (κ2) is 9.73. The van der Waals surface area contributed by atoms with E-state index in [0.29, 0.717) is 13.1 Å². The molecule has 2 aromatic rings. The van der Waals surface area contributed by atoms with Crippen LogP contribution in [-0.4, -0.2) is 62.8 Å². The Hall–Kier alpha value is -2.22. The van der Waals surface area contributed by atoms with Gasteiger partial charge in [0.2, 0.25) is 15.9 Å². The molecule has 0 bridgehead atoms. The molecule has 1 atom stereocenters. The van der Waals surface area contributed by atoms with Crippen LogP contribution in [0.25, 0.3) is 0 Å². The van der Waals surface area contributed by atoms with Gasteiger partial charge >= 0.3 is 0 Å². The minimum atomic E-state index is -3.81. The fourth-order valence-electron chi connectivity index (χ4n) is 3.63. The molecule has 0 saturated carbocycles. The van der Waals surface area contributed by atoms with Gasteiger partial charge in [0.05, 0.1) is 11.4 Å². The van der Waals surface area contributed by atoms with Crippen molar-refractivity contribution in [2.75, 3.05) is 39.3 Å². The summed E-state index contributed by atoms with van der Waals surface area (Å²) in [5.41, 5.74) is 3.00. The maximum absolute atomic E-state index is 13.5. The number of rotatable bonds is 7. The largest absolute Gasteiger partial charge is 0.339 e. The Balaban J connectivity index is 1.89. The van der Waals surface area contributed by atoms with Crippen molar-refractivity contribution < 1.29 is 13.2 Å². The molecule has 30 heavy (non-hydrogen) atoms. The van der Waals surface area contributed by atoms with Crippen LogP contribution in [0, 0.1) is 13.8 Å². The van der Waals surface area contributed by atoms with Crippen LogP contribution in [0.4, 0.5) is 0 Å². The van der Waals surface area contributed by atoms with Gasteiger partial charge in [0.15, 0.2) is 0 Å². The molecule has 7 heteroatoms. The number of piperazine rings is 1. The first kappa shape index (κ1) is 22.5. The summed E-state index contributed by atoms with van der Waals surface area (Å²) in [7, 11) is -3.81. The summed E-state index contributed by atoms with van der Waals surface area (Å²) < 4.78 is 28.4. The molecule has 1 aliphatic rings. The predicted molar refractivity (Wildman–Crippen MR) is 119 cm³/mol. The van der Waals surface area contributed by atoms with E-state index in [1.54, 1.807) is 17.0 Å². The van der Waals surface area contributed by atoms with Crippen molar-refractivity contribution in [2.45, 2.75) is 31.6 Å². The van der Waals surface area contributed by atoms with E-state index in [1.807, 2.05) is 57.2 Å². The molecule has 1 amide bonds. The summed E-state index contributed by atoms with van der Waals surface area (Å²) in [6.45, 7) is 8.62. The van der Waals surface area contributed by atoms with Crippen LogP contribution in [-0.2, 0) is 14.8 Å². The Morgan fingerprint density at radius 1 is 1.07 bits per heavy atom. The molecule has 3 rings (SSSR count). The average molecular weight is 430 g/mol. The normalized spacial score (nSPS) is 15.9. The van der Waals surface area contributed by atoms with Crippen molar-refractivity contribution in [2.24, 2.45) is 0 Å². The summed E-state index contributed by atoms with van der Waals surface area (Å²) in [4.78, 5) is 14.9. The molecule has 6 nitrogen and oxygen atoms in total. The van der Waals surface area contributed by atoms with Gasteiger partial charge in [-0.3, -0.25) is 4.79 Å². The van der Waals surface area contributed by atoms with Crippen molar-refractivity contribution in [1.82, 2.24) is 14.5 Å².